The minimum atomic E-state index is -0.138. The lowest BCUT2D eigenvalue weighted by Gasteiger charge is -2.37. The number of carbonyl (C=O) groups is 2. The van der Waals surface area contributed by atoms with Crippen LogP contribution in [0.1, 0.15) is 30.6 Å². The number of carbonyl (C=O) groups excluding carboxylic acids is 2. The molecule has 22 heavy (non-hydrogen) atoms. The summed E-state index contributed by atoms with van der Waals surface area (Å²) in [7, 11) is 0. The summed E-state index contributed by atoms with van der Waals surface area (Å²) in [5, 5.41) is 2.93. The number of rotatable bonds is 5. The molecule has 1 aliphatic heterocycles. The van der Waals surface area contributed by atoms with E-state index in [0.29, 0.717) is 13.1 Å². The molecule has 5 heteroatoms. The van der Waals surface area contributed by atoms with Crippen LogP contribution in [0.15, 0.2) is 30.3 Å². The SMILES string of the molecule is CCCNC(=O)C(C)N1CCN(C(=O)c2ccccc2)CC1. The average Bonchev–Trinajstić information content (AvgIpc) is 2.59. The summed E-state index contributed by atoms with van der Waals surface area (Å²) < 4.78 is 0. The van der Waals surface area contributed by atoms with Crippen molar-refractivity contribution in [3.05, 3.63) is 35.9 Å². The molecule has 0 bridgehead atoms. The van der Waals surface area contributed by atoms with Crippen LogP contribution in [0.3, 0.4) is 0 Å². The number of benzene rings is 1. The molecule has 5 nitrogen and oxygen atoms in total. The van der Waals surface area contributed by atoms with Crippen molar-refractivity contribution in [3.63, 3.8) is 0 Å². The van der Waals surface area contributed by atoms with Crippen molar-refractivity contribution in [1.29, 1.82) is 0 Å². The van der Waals surface area contributed by atoms with E-state index in [9.17, 15) is 9.59 Å². The monoisotopic (exact) mass is 303 g/mol. The Bertz CT molecular complexity index is 496. The molecule has 1 aromatic rings. The molecule has 1 unspecified atom stereocenters. The Labute approximate surface area is 132 Å². The molecular formula is C17H25N3O2. The van der Waals surface area contributed by atoms with E-state index in [2.05, 4.69) is 10.2 Å². The van der Waals surface area contributed by atoms with E-state index in [1.165, 1.54) is 0 Å². The molecule has 0 radical (unpaired) electrons. The molecular weight excluding hydrogens is 278 g/mol. The molecule has 1 heterocycles. The van der Waals surface area contributed by atoms with Gasteiger partial charge in [-0.05, 0) is 25.5 Å². The summed E-state index contributed by atoms with van der Waals surface area (Å²) in [6, 6.07) is 9.21. The normalized spacial score (nSPS) is 17.1. The molecule has 120 valence electrons. The van der Waals surface area contributed by atoms with Crippen molar-refractivity contribution >= 4 is 11.8 Å². The summed E-state index contributed by atoms with van der Waals surface area (Å²) >= 11 is 0. The van der Waals surface area contributed by atoms with Gasteiger partial charge in [0, 0.05) is 38.3 Å². The van der Waals surface area contributed by atoms with E-state index in [0.717, 1.165) is 31.6 Å². The second-order valence-corrected chi connectivity index (χ2v) is 5.66. The van der Waals surface area contributed by atoms with Gasteiger partial charge in [-0.1, -0.05) is 25.1 Å². The molecule has 1 aliphatic rings. The molecule has 1 fully saturated rings. The highest BCUT2D eigenvalue weighted by atomic mass is 16.2. The van der Waals surface area contributed by atoms with Crippen molar-refractivity contribution in [2.24, 2.45) is 0 Å². The zero-order chi connectivity index (χ0) is 15.9. The quantitative estimate of drug-likeness (QED) is 0.893. The van der Waals surface area contributed by atoms with Gasteiger partial charge in [0.1, 0.15) is 0 Å². The molecule has 1 aromatic carbocycles. The topological polar surface area (TPSA) is 52.7 Å². The minimum absolute atomic E-state index is 0.0725. The molecule has 1 N–H and O–H groups in total. The summed E-state index contributed by atoms with van der Waals surface area (Å²) in [5.41, 5.74) is 0.727. The van der Waals surface area contributed by atoms with Gasteiger partial charge in [-0.15, -0.1) is 0 Å². The smallest absolute Gasteiger partial charge is 0.253 e. The third-order valence-electron chi connectivity index (χ3n) is 4.10. The van der Waals surface area contributed by atoms with E-state index >= 15 is 0 Å². The van der Waals surface area contributed by atoms with E-state index in [4.69, 9.17) is 0 Å². The van der Waals surface area contributed by atoms with Crippen molar-refractivity contribution in [2.75, 3.05) is 32.7 Å². The highest BCUT2D eigenvalue weighted by molar-refractivity contribution is 5.94. The van der Waals surface area contributed by atoms with Crippen molar-refractivity contribution in [1.82, 2.24) is 15.1 Å². The largest absolute Gasteiger partial charge is 0.355 e. The highest BCUT2D eigenvalue weighted by Crippen LogP contribution is 2.11. The Morgan fingerprint density at radius 1 is 1.14 bits per heavy atom. The first kappa shape index (κ1) is 16.5. The fraction of sp³-hybridized carbons (Fsp3) is 0.529. The van der Waals surface area contributed by atoms with E-state index < -0.39 is 0 Å². The third kappa shape index (κ3) is 4.07. The van der Waals surface area contributed by atoms with Crippen molar-refractivity contribution in [2.45, 2.75) is 26.3 Å². The van der Waals surface area contributed by atoms with E-state index in [-0.39, 0.29) is 17.9 Å². The lowest BCUT2D eigenvalue weighted by atomic mass is 10.1. The number of nitrogens with zero attached hydrogens (tertiary/aromatic N) is 2. The zero-order valence-corrected chi connectivity index (χ0v) is 13.4. The first-order chi connectivity index (χ1) is 10.6. The van der Waals surface area contributed by atoms with Crippen LogP contribution in [-0.2, 0) is 4.79 Å². The van der Waals surface area contributed by atoms with Crippen molar-refractivity contribution in [3.8, 4) is 0 Å². The summed E-state index contributed by atoms with van der Waals surface area (Å²) in [5.74, 6) is 0.146. The standard InChI is InChI=1S/C17H25N3O2/c1-3-9-18-16(21)14(2)19-10-12-20(13-11-19)17(22)15-7-5-4-6-8-15/h4-8,14H,3,9-13H2,1-2H3,(H,18,21). The van der Waals surface area contributed by atoms with Crippen LogP contribution < -0.4 is 5.32 Å². The predicted molar refractivity (Wildman–Crippen MR) is 86.7 cm³/mol. The predicted octanol–water partition coefficient (Wildman–Crippen LogP) is 1.36. The lowest BCUT2D eigenvalue weighted by Crippen LogP contribution is -2.55. The molecule has 0 saturated carbocycles. The summed E-state index contributed by atoms with van der Waals surface area (Å²) in [4.78, 5) is 28.4. The molecule has 2 amide bonds. The van der Waals surface area contributed by atoms with Crippen molar-refractivity contribution < 1.29 is 9.59 Å². The van der Waals surface area contributed by atoms with E-state index in [1.54, 1.807) is 0 Å². The van der Waals surface area contributed by atoms with Gasteiger partial charge < -0.3 is 10.2 Å². The lowest BCUT2D eigenvalue weighted by molar-refractivity contribution is -0.126. The first-order valence-electron chi connectivity index (χ1n) is 7.99. The van der Waals surface area contributed by atoms with Crippen LogP contribution in [0.25, 0.3) is 0 Å². The number of piperazine rings is 1. The molecule has 0 aliphatic carbocycles. The highest BCUT2D eigenvalue weighted by Gasteiger charge is 2.27. The zero-order valence-electron chi connectivity index (χ0n) is 13.4. The second-order valence-electron chi connectivity index (χ2n) is 5.66. The Balaban J connectivity index is 1.85. The van der Waals surface area contributed by atoms with Gasteiger partial charge in [-0.25, -0.2) is 0 Å². The van der Waals surface area contributed by atoms with Crippen LogP contribution in [0.4, 0.5) is 0 Å². The van der Waals surface area contributed by atoms with Gasteiger partial charge in [0.2, 0.25) is 5.91 Å². The van der Waals surface area contributed by atoms with Gasteiger partial charge in [-0.2, -0.15) is 0 Å². The second kappa shape index (κ2) is 7.94. The van der Waals surface area contributed by atoms with Crippen LogP contribution in [0, 0.1) is 0 Å². The fourth-order valence-electron chi connectivity index (χ4n) is 2.64. The Morgan fingerprint density at radius 2 is 1.77 bits per heavy atom. The number of hydrogen-bond acceptors (Lipinski definition) is 3. The van der Waals surface area contributed by atoms with Crippen LogP contribution >= 0.6 is 0 Å². The van der Waals surface area contributed by atoms with Gasteiger partial charge >= 0.3 is 0 Å². The maximum atomic E-state index is 12.4. The third-order valence-corrected chi connectivity index (χ3v) is 4.10. The van der Waals surface area contributed by atoms with Gasteiger partial charge in [0.15, 0.2) is 0 Å². The van der Waals surface area contributed by atoms with E-state index in [1.807, 2.05) is 49.1 Å². The minimum Gasteiger partial charge on any atom is -0.355 e. The Morgan fingerprint density at radius 3 is 2.36 bits per heavy atom. The maximum Gasteiger partial charge on any atom is 0.253 e. The van der Waals surface area contributed by atoms with Crippen LogP contribution in [-0.4, -0.2) is 60.4 Å². The number of amides is 2. The fourth-order valence-corrected chi connectivity index (χ4v) is 2.64. The molecule has 0 spiro atoms. The molecule has 0 aromatic heterocycles. The van der Waals surface area contributed by atoms with Crippen LogP contribution in [0.5, 0.6) is 0 Å². The maximum absolute atomic E-state index is 12.4. The molecule has 1 saturated heterocycles. The van der Waals surface area contributed by atoms with Gasteiger partial charge in [0.25, 0.3) is 5.91 Å². The average molecular weight is 303 g/mol. The Hall–Kier alpha value is -1.88. The number of nitrogens with one attached hydrogen (secondary N) is 1. The number of hydrogen-bond donors (Lipinski definition) is 1. The van der Waals surface area contributed by atoms with Gasteiger partial charge in [0.05, 0.1) is 6.04 Å². The summed E-state index contributed by atoms with van der Waals surface area (Å²) in [6.07, 6.45) is 0.942. The first-order valence-corrected chi connectivity index (χ1v) is 7.99. The molecule has 1 atom stereocenters. The molecule has 2 rings (SSSR count). The van der Waals surface area contributed by atoms with Crippen LogP contribution in [0.2, 0.25) is 0 Å². The summed E-state index contributed by atoms with van der Waals surface area (Å²) in [6.45, 7) is 7.49. The Kier molecular flexibility index (Phi) is 5.95. The van der Waals surface area contributed by atoms with Gasteiger partial charge in [-0.3, -0.25) is 14.5 Å².